The fourth-order valence-electron chi connectivity index (χ4n) is 1.20. The molecule has 0 saturated heterocycles. The minimum atomic E-state index is -0.717. The molecule has 1 saturated carbocycles. The second kappa shape index (κ2) is 4.34. The number of hydrogen-bond donors (Lipinski definition) is 2. The fraction of sp³-hybridized carbons (Fsp3) is 0.875. The minimum absolute atomic E-state index is 0.243. The topological polar surface area (TPSA) is 49.3 Å². The van der Waals surface area contributed by atoms with Crippen LogP contribution in [-0.4, -0.2) is 24.2 Å². The highest BCUT2D eigenvalue weighted by Gasteiger charge is 2.16. The number of carbonyl (C=O) groups is 1. The summed E-state index contributed by atoms with van der Waals surface area (Å²) in [5.41, 5.74) is 0. The van der Waals surface area contributed by atoms with E-state index in [0.29, 0.717) is 6.54 Å². The molecule has 0 aromatic rings. The van der Waals surface area contributed by atoms with Gasteiger partial charge in [-0.1, -0.05) is 6.42 Å². The molecule has 0 amide bonds. The SMILES string of the molecule is O=C(O)CCNCC1CCC1. The zero-order chi connectivity index (χ0) is 8.10. The van der Waals surface area contributed by atoms with E-state index < -0.39 is 5.97 Å². The molecule has 0 unspecified atom stereocenters. The van der Waals surface area contributed by atoms with Crippen molar-refractivity contribution in [1.29, 1.82) is 0 Å². The maximum Gasteiger partial charge on any atom is 0.304 e. The Balaban J connectivity index is 1.83. The maximum atomic E-state index is 10.1. The number of aliphatic carboxylic acids is 1. The highest BCUT2D eigenvalue weighted by molar-refractivity contribution is 5.66. The van der Waals surface area contributed by atoms with E-state index in [4.69, 9.17) is 5.11 Å². The molecule has 0 bridgehead atoms. The molecule has 1 fully saturated rings. The van der Waals surface area contributed by atoms with Crippen LogP contribution >= 0.6 is 0 Å². The van der Waals surface area contributed by atoms with Gasteiger partial charge in [0.25, 0.3) is 0 Å². The van der Waals surface area contributed by atoms with Gasteiger partial charge in [-0.3, -0.25) is 4.79 Å². The minimum Gasteiger partial charge on any atom is -0.481 e. The van der Waals surface area contributed by atoms with Crippen molar-refractivity contribution in [1.82, 2.24) is 5.32 Å². The molecule has 0 aromatic carbocycles. The molecule has 64 valence electrons. The molecule has 3 heteroatoms. The largest absolute Gasteiger partial charge is 0.481 e. The van der Waals surface area contributed by atoms with Crippen LogP contribution in [0.5, 0.6) is 0 Å². The smallest absolute Gasteiger partial charge is 0.304 e. The number of carboxylic acids is 1. The van der Waals surface area contributed by atoms with Gasteiger partial charge in [-0.25, -0.2) is 0 Å². The third-order valence-corrected chi connectivity index (χ3v) is 2.17. The second-order valence-electron chi connectivity index (χ2n) is 3.14. The van der Waals surface area contributed by atoms with E-state index in [1.807, 2.05) is 0 Å². The third kappa shape index (κ3) is 3.37. The first-order valence-electron chi connectivity index (χ1n) is 4.21. The first kappa shape index (κ1) is 8.53. The fourth-order valence-corrected chi connectivity index (χ4v) is 1.20. The van der Waals surface area contributed by atoms with Crippen molar-refractivity contribution in [3.8, 4) is 0 Å². The molecule has 1 aliphatic rings. The first-order valence-corrected chi connectivity index (χ1v) is 4.21. The summed E-state index contributed by atoms with van der Waals surface area (Å²) in [6.45, 7) is 1.62. The van der Waals surface area contributed by atoms with Gasteiger partial charge in [-0.05, 0) is 25.3 Å². The molecular formula is C8H15NO2. The van der Waals surface area contributed by atoms with Crippen LogP contribution in [0.2, 0.25) is 0 Å². The van der Waals surface area contributed by atoms with Crippen LogP contribution in [0.3, 0.4) is 0 Å². The third-order valence-electron chi connectivity index (χ3n) is 2.17. The Hall–Kier alpha value is -0.570. The molecule has 3 nitrogen and oxygen atoms in total. The molecule has 0 heterocycles. The van der Waals surface area contributed by atoms with E-state index >= 15 is 0 Å². The highest BCUT2D eigenvalue weighted by Crippen LogP contribution is 2.24. The van der Waals surface area contributed by atoms with Gasteiger partial charge in [0.05, 0.1) is 6.42 Å². The van der Waals surface area contributed by atoms with E-state index in [0.717, 1.165) is 12.5 Å². The Morgan fingerprint density at radius 2 is 2.27 bits per heavy atom. The lowest BCUT2D eigenvalue weighted by Gasteiger charge is -2.25. The van der Waals surface area contributed by atoms with Crippen molar-refractivity contribution in [2.24, 2.45) is 5.92 Å². The quantitative estimate of drug-likeness (QED) is 0.582. The summed E-state index contributed by atoms with van der Waals surface area (Å²) in [4.78, 5) is 10.1. The Morgan fingerprint density at radius 1 is 1.55 bits per heavy atom. The van der Waals surface area contributed by atoms with Crippen molar-refractivity contribution in [2.75, 3.05) is 13.1 Å². The van der Waals surface area contributed by atoms with Crippen LogP contribution in [0.25, 0.3) is 0 Å². The van der Waals surface area contributed by atoms with Crippen LogP contribution in [0.1, 0.15) is 25.7 Å². The Kier molecular flexibility index (Phi) is 3.36. The molecule has 0 aromatic heterocycles. The van der Waals surface area contributed by atoms with Crippen molar-refractivity contribution < 1.29 is 9.90 Å². The normalized spacial score (nSPS) is 17.8. The van der Waals surface area contributed by atoms with Crippen molar-refractivity contribution in [2.45, 2.75) is 25.7 Å². The number of hydrogen-bond acceptors (Lipinski definition) is 2. The van der Waals surface area contributed by atoms with Gasteiger partial charge in [0.2, 0.25) is 0 Å². The molecule has 0 atom stereocenters. The Bertz CT molecular complexity index is 132. The summed E-state index contributed by atoms with van der Waals surface area (Å²) in [6, 6.07) is 0. The van der Waals surface area contributed by atoms with Crippen molar-refractivity contribution in [3.63, 3.8) is 0 Å². The van der Waals surface area contributed by atoms with Gasteiger partial charge < -0.3 is 10.4 Å². The molecule has 0 aliphatic heterocycles. The molecule has 1 rings (SSSR count). The van der Waals surface area contributed by atoms with Gasteiger partial charge in [-0.2, -0.15) is 0 Å². The molecule has 0 spiro atoms. The van der Waals surface area contributed by atoms with Gasteiger partial charge in [0, 0.05) is 6.54 Å². The van der Waals surface area contributed by atoms with E-state index in [2.05, 4.69) is 5.32 Å². The van der Waals surface area contributed by atoms with Crippen LogP contribution in [0, 0.1) is 5.92 Å². The molecule has 11 heavy (non-hydrogen) atoms. The Morgan fingerprint density at radius 3 is 2.73 bits per heavy atom. The lowest BCUT2D eigenvalue weighted by molar-refractivity contribution is -0.136. The van der Waals surface area contributed by atoms with Crippen molar-refractivity contribution in [3.05, 3.63) is 0 Å². The van der Waals surface area contributed by atoms with Crippen LogP contribution < -0.4 is 5.32 Å². The standard InChI is InChI=1S/C8H15NO2/c10-8(11)4-5-9-6-7-2-1-3-7/h7,9H,1-6H2,(H,10,11). The van der Waals surface area contributed by atoms with Crippen LogP contribution in [0.4, 0.5) is 0 Å². The second-order valence-corrected chi connectivity index (χ2v) is 3.14. The van der Waals surface area contributed by atoms with E-state index in [9.17, 15) is 4.79 Å². The summed E-state index contributed by atoms with van der Waals surface area (Å²) < 4.78 is 0. The lowest BCUT2D eigenvalue weighted by atomic mass is 9.85. The zero-order valence-electron chi connectivity index (χ0n) is 6.68. The summed E-state index contributed by atoms with van der Waals surface area (Å²) in [7, 11) is 0. The number of nitrogens with one attached hydrogen (secondary N) is 1. The summed E-state index contributed by atoms with van der Waals surface area (Å²) in [6.07, 6.45) is 4.23. The van der Waals surface area contributed by atoms with E-state index in [1.54, 1.807) is 0 Å². The molecular weight excluding hydrogens is 142 g/mol. The van der Waals surface area contributed by atoms with E-state index in [-0.39, 0.29) is 6.42 Å². The van der Waals surface area contributed by atoms with Crippen LogP contribution in [-0.2, 0) is 4.79 Å². The van der Waals surface area contributed by atoms with Gasteiger partial charge >= 0.3 is 5.97 Å². The van der Waals surface area contributed by atoms with Crippen molar-refractivity contribution >= 4 is 5.97 Å². The monoisotopic (exact) mass is 157 g/mol. The Labute approximate surface area is 66.8 Å². The molecule has 1 aliphatic carbocycles. The summed E-state index contributed by atoms with van der Waals surface area (Å²) in [5.74, 6) is 0.106. The number of rotatable bonds is 5. The van der Waals surface area contributed by atoms with E-state index in [1.165, 1.54) is 19.3 Å². The van der Waals surface area contributed by atoms with Gasteiger partial charge in [0.1, 0.15) is 0 Å². The predicted molar refractivity (Wildman–Crippen MR) is 42.5 cm³/mol. The summed E-state index contributed by atoms with van der Waals surface area (Å²) >= 11 is 0. The molecule has 2 N–H and O–H groups in total. The molecule has 0 radical (unpaired) electrons. The average molecular weight is 157 g/mol. The highest BCUT2D eigenvalue weighted by atomic mass is 16.4. The number of carboxylic acid groups (broad SMARTS) is 1. The van der Waals surface area contributed by atoms with Gasteiger partial charge in [-0.15, -0.1) is 0 Å². The average Bonchev–Trinajstić information content (AvgIpc) is 1.82. The zero-order valence-corrected chi connectivity index (χ0v) is 6.68. The predicted octanol–water partition coefficient (Wildman–Crippen LogP) is 0.851. The van der Waals surface area contributed by atoms with Crippen LogP contribution in [0.15, 0.2) is 0 Å². The first-order chi connectivity index (χ1) is 5.29. The van der Waals surface area contributed by atoms with Gasteiger partial charge in [0.15, 0.2) is 0 Å². The lowest BCUT2D eigenvalue weighted by Crippen LogP contribution is -2.28. The maximum absolute atomic E-state index is 10.1. The summed E-state index contributed by atoms with van der Waals surface area (Å²) in [5, 5.41) is 11.4.